The standard InChI is InChI=1S/C23H46O2Si2/c1-11-27(12-2,13-3)25-23(19(6)7)16-14-15-20(23)17-21(24)22(18(4)5)26(8,9)10/h20-21,24H,6,11-17H2,1-5,7-10H3/t20-,21?,23+/m1/s1. The molecule has 1 aliphatic rings. The van der Waals surface area contributed by atoms with Crippen LogP contribution >= 0.6 is 0 Å². The van der Waals surface area contributed by atoms with Gasteiger partial charge >= 0.3 is 0 Å². The summed E-state index contributed by atoms with van der Waals surface area (Å²) in [5.41, 5.74) is 2.26. The fraction of sp³-hybridized carbons (Fsp3) is 0.826. The summed E-state index contributed by atoms with van der Waals surface area (Å²) in [6, 6.07) is 3.50. The molecule has 1 aliphatic carbocycles. The first-order valence-electron chi connectivity index (χ1n) is 11.1. The molecule has 4 heteroatoms. The predicted octanol–water partition coefficient (Wildman–Crippen LogP) is 7.09. The average Bonchev–Trinajstić information content (AvgIpc) is 2.94. The molecule has 0 aromatic rings. The molecular formula is C23H46O2Si2. The van der Waals surface area contributed by atoms with Crippen molar-refractivity contribution in [2.75, 3.05) is 0 Å². The summed E-state index contributed by atoms with van der Waals surface area (Å²) in [5.74, 6) is 0.382. The summed E-state index contributed by atoms with van der Waals surface area (Å²) in [6.45, 7) is 24.8. The van der Waals surface area contributed by atoms with Crippen LogP contribution in [0.4, 0.5) is 0 Å². The van der Waals surface area contributed by atoms with Crippen LogP contribution in [0.3, 0.4) is 0 Å². The molecule has 1 rings (SSSR count). The van der Waals surface area contributed by atoms with Crippen molar-refractivity contribution in [1.29, 1.82) is 0 Å². The first kappa shape index (κ1) is 24.9. The Kier molecular flexibility index (Phi) is 8.80. The Bertz CT molecular complexity index is 531. The number of allylic oxidation sites excluding steroid dienone is 1. The van der Waals surface area contributed by atoms with Gasteiger partial charge in [-0.1, -0.05) is 57.8 Å². The lowest BCUT2D eigenvalue weighted by molar-refractivity contribution is 0.0328. The second-order valence-electron chi connectivity index (χ2n) is 10.0. The molecule has 158 valence electrons. The van der Waals surface area contributed by atoms with Gasteiger partial charge in [0.25, 0.3) is 0 Å². The minimum atomic E-state index is -1.74. The summed E-state index contributed by atoms with van der Waals surface area (Å²) in [4.78, 5) is 0. The van der Waals surface area contributed by atoms with Crippen molar-refractivity contribution in [3.05, 3.63) is 22.9 Å². The molecular weight excluding hydrogens is 364 g/mol. The van der Waals surface area contributed by atoms with Crippen LogP contribution in [-0.4, -0.2) is 33.2 Å². The van der Waals surface area contributed by atoms with E-state index in [1.807, 2.05) is 0 Å². The summed E-state index contributed by atoms with van der Waals surface area (Å²) < 4.78 is 7.16. The van der Waals surface area contributed by atoms with Crippen LogP contribution in [0.25, 0.3) is 0 Å². The van der Waals surface area contributed by atoms with E-state index >= 15 is 0 Å². The van der Waals surface area contributed by atoms with E-state index in [2.05, 4.69) is 67.8 Å². The maximum Gasteiger partial charge on any atom is 0.193 e. The van der Waals surface area contributed by atoms with Crippen molar-refractivity contribution >= 4 is 16.4 Å². The van der Waals surface area contributed by atoms with Gasteiger partial charge in [-0.15, -0.1) is 0 Å². The molecule has 0 aromatic carbocycles. The van der Waals surface area contributed by atoms with Gasteiger partial charge in [0.2, 0.25) is 0 Å². The third-order valence-corrected chi connectivity index (χ3v) is 14.1. The van der Waals surface area contributed by atoms with E-state index in [0.29, 0.717) is 5.92 Å². The van der Waals surface area contributed by atoms with Crippen LogP contribution in [0.15, 0.2) is 22.9 Å². The lowest BCUT2D eigenvalue weighted by atomic mass is 9.81. The summed E-state index contributed by atoms with van der Waals surface area (Å²) in [7, 11) is -3.29. The lowest BCUT2D eigenvalue weighted by Gasteiger charge is -2.45. The third-order valence-electron chi connectivity index (χ3n) is 7.00. The number of aliphatic hydroxyl groups excluding tert-OH is 1. The number of aliphatic hydroxyl groups is 1. The van der Waals surface area contributed by atoms with Crippen LogP contribution in [0.1, 0.15) is 67.2 Å². The molecule has 27 heavy (non-hydrogen) atoms. The largest absolute Gasteiger partial charge is 0.407 e. The molecule has 0 saturated heterocycles. The minimum absolute atomic E-state index is 0.221. The zero-order chi connectivity index (χ0) is 21.0. The van der Waals surface area contributed by atoms with E-state index in [1.165, 1.54) is 40.9 Å². The van der Waals surface area contributed by atoms with Gasteiger partial charge in [-0.3, -0.25) is 0 Å². The van der Waals surface area contributed by atoms with Crippen molar-refractivity contribution in [2.24, 2.45) is 5.92 Å². The van der Waals surface area contributed by atoms with Crippen molar-refractivity contribution in [1.82, 2.24) is 0 Å². The Labute approximate surface area is 171 Å². The SMILES string of the molecule is C=C(C)[C@@]1(O[Si](CC)(CC)CC)CCC[C@@H]1CC(O)C(=C(C)C)[Si](C)(C)C. The Morgan fingerprint density at radius 2 is 1.63 bits per heavy atom. The average molecular weight is 411 g/mol. The summed E-state index contributed by atoms with van der Waals surface area (Å²) in [5, 5.41) is 12.6. The smallest absolute Gasteiger partial charge is 0.193 e. The van der Waals surface area contributed by atoms with E-state index in [-0.39, 0.29) is 11.7 Å². The number of hydrogen-bond donors (Lipinski definition) is 1. The molecule has 1 N–H and O–H groups in total. The molecule has 0 spiro atoms. The zero-order valence-corrected chi connectivity index (χ0v) is 21.7. The molecule has 0 aromatic heterocycles. The van der Waals surface area contributed by atoms with Gasteiger partial charge in [0.05, 0.1) is 19.8 Å². The highest BCUT2D eigenvalue weighted by Crippen LogP contribution is 2.49. The van der Waals surface area contributed by atoms with E-state index in [9.17, 15) is 5.11 Å². The highest BCUT2D eigenvalue weighted by molar-refractivity contribution is 6.83. The van der Waals surface area contributed by atoms with Crippen molar-refractivity contribution in [3.63, 3.8) is 0 Å². The monoisotopic (exact) mass is 410 g/mol. The normalized spacial score (nSPS) is 24.7. The van der Waals surface area contributed by atoms with Crippen LogP contribution in [0, 0.1) is 5.92 Å². The first-order valence-corrected chi connectivity index (χ1v) is 17.1. The van der Waals surface area contributed by atoms with Gasteiger partial charge in [-0.05, 0) is 76.1 Å². The predicted molar refractivity (Wildman–Crippen MR) is 126 cm³/mol. The molecule has 0 bridgehead atoms. The maximum atomic E-state index is 11.3. The van der Waals surface area contributed by atoms with Gasteiger partial charge in [-0.25, -0.2) is 0 Å². The summed E-state index contributed by atoms with van der Waals surface area (Å²) >= 11 is 0. The first-order chi connectivity index (χ1) is 12.4. The highest BCUT2D eigenvalue weighted by atomic mass is 28.4. The number of hydrogen-bond acceptors (Lipinski definition) is 2. The molecule has 0 radical (unpaired) electrons. The van der Waals surface area contributed by atoms with Crippen molar-refractivity contribution < 1.29 is 9.53 Å². The van der Waals surface area contributed by atoms with Crippen molar-refractivity contribution in [2.45, 2.75) is 117 Å². The van der Waals surface area contributed by atoms with Crippen LogP contribution in [0.5, 0.6) is 0 Å². The fourth-order valence-electron chi connectivity index (χ4n) is 5.46. The Morgan fingerprint density at radius 3 is 2.00 bits per heavy atom. The molecule has 3 atom stereocenters. The maximum absolute atomic E-state index is 11.3. The zero-order valence-electron chi connectivity index (χ0n) is 19.7. The van der Waals surface area contributed by atoms with E-state index < -0.39 is 16.4 Å². The molecule has 0 heterocycles. The van der Waals surface area contributed by atoms with Gasteiger partial charge < -0.3 is 9.53 Å². The Balaban J connectivity index is 3.22. The fourth-order valence-corrected chi connectivity index (χ4v) is 11.2. The van der Waals surface area contributed by atoms with Crippen LogP contribution < -0.4 is 0 Å². The molecule has 0 aliphatic heterocycles. The molecule has 1 unspecified atom stereocenters. The topological polar surface area (TPSA) is 29.5 Å². The third kappa shape index (κ3) is 5.46. The minimum Gasteiger partial charge on any atom is -0.407 e. The molecule has 1 fully saturated rings. The van der Waals surface area contributed by atoms with E-state index in [1.54, 1.807) is 0 Å². The number of rotatable bonds is 10. The molecule has 1 saturated carbocycles. The second kappa shape index (κ2) is 9.56. The lowest BCUT2D eigenvalue weighted by Crippen LogP contribution is -2.50. The highest BCUT2D eigenvalue weighted by Gasteiger charge is 2.50. The van der Waals surface area contributed by atoms with Crippen LogP contribution in [-0.2, 0) is 4.43 Å². The van der Waals surface area contributed by atoms with Gasteiger partial charge in [-0.2, -0.15) is 0 Å². The summed E-state index contributed by atoms with van der Waals surface area (Å²) in [6.07, 6.45) is 3.88. The second-order valence-corrected chi connectivity index (χ2v) is 19.8. The quantitative estimate of drug-likeness (QED) is 0.308. The Hall–Kier alpha value is -0.166. The molecule has 2 nitrogen and oxygen atoms in total. The van der Waals surface area contributed by atoms with Gasteiger partial charge in [0.15, 0.2) is 8.32 Å². The van der Waals surface area contributed by atoms with Crippen molar-refractivity contribution in [3.8, 4) is 0 Å². The van der Waals surface area contributed by atoms with Gasteiger partial charge in [0.1, 0.15) is 0 Å². The van der Waals surface area contributed by atoms with E-state index in [0.717, 1.165) is 19.3 Å². The van der Waals surface area contributed by atoms with Crippen LogP contribution in [0.2, 0.25) is 37.8 Å². The van der Waals surface area contributed by atoms with Gasteiger partial charge in [0, 0.05) is 0 Å². The van der Waals surface area contributed by atoms with E-state index in [4.69, 9.17) is 4.43 Å². The Morgan fingerprint density at radius 1 is 1.11 bits per heavy atom. The molecule has 0 amide bonds.